The van der Waals surface area contributed by atoms with Crippen LogP contribution in [0, 0.1) is 0 Å². The summed E-state index contributed by atoms with van der Waals surface area (Å²) >= 11 is 0. The molecule has 11 heavy (non-hydrogen) atoms. The molecule has 0 amide bonds. The number of hydrogen-bond acceptors (Lipinski definition) is 3. The van der Waals surface area contributed by atoms with Gasteiger partial charge in [-0.05, 0) is 19.3 Å². The standard InChI is InChI=1S/C8H16N2O/c9-7-5-11-4-3-8(7)10-6-1-2-6/h6-8,10H,1-5,9H2. The summed E-state index contributed by atoms with van der Waals surface area (Å²) in [4.78, 5) is 0. The Kier molecular flexibility index (Phi) is 2.11. The minimum Gasteiger partial charge on any atom is -0.380 e. The Morgan fingerprint density at radius 2 is 2.09 bits per heavy atom. The van der Waals surface area contributed by atoms with Crippen molar-refractivity contribution in [3.05, 3.63) is 0 Å². The van der Waals surface area contributed by atoms with Crippen LogP contribution in [0.3, 0.4) is 0 Å². The van der Waals surface area contributed by atoms with E-state index in [-0.39, 0.29) is 6.04 Å². The normalized spacial score (nSPS) is 39.0. The summed E-state index contributed by atoms with van der Waals surface area (Å²) in [7, 11) is 0. The van der Waals surface area contributed by atoms with E-state index in [1.165, 1.54) is 12.8 Å². The number of rotatable bonds is 2. The molecule has 1 saturated carbocycles. The van der Waals surface area contributed by atoms with Crippen LogP contribution < -0.4 is 11.1 Å². The van der Waals surface area contributed by atoms with Gasteiger partial charge in [0.1, 0.15) is 0 Å². The quantitative estimate of drug-likeness (QED) is 0.584. The molecule has 0 aromatic heterocycles. The molecule has 1 heterocycles. The van der Waals surface area contributed by atoms with Gasteiger partial charge in [-0.15, -0.1) is 0 Å². The van der Waals surface area contributed by atoms with E-state index in [0.29, 0.717) is 6.04 Å². The zero-order valence-corrected chi connectivity index (χ0v) is 6.75. The third-order valence-electron chi connectivity index (χ3n) is 2.43. The Labute approximate surface area is 67.3 Å². The Hall–Kier alpha value is -0.120. The summed E-state index contributed by atoms with van der Waals surface area (Å²) in [6.45, 7) is 1.60. The Morgan fingerprint density at radius 3 is 2.73 bits per heavy atom. The van der Waals surface area contributed by atoms with Gasteiger partial charge >= 0.3 is 0 Å². The second-order valence-corrected chi connectivity index (χ2v) is 3.57. The van der Waals surface area contributed by atoms with Crippen LogP contribution in [0.2, 0.25) is 0 Å². The topological polar surface area (TPSA) is 47.3 Å². The largest absolute Gasteiger partial charge is 0.380 e. The predicted molar refractivity (Wildman–Crippen MR) is 43.4 cm³/mol. The van der Waals surface area contributed by atoms with E-state index in [4.69, 9.17) is 10.5 Å². The highest BCUT2D eigenvalue weighted by molar-refractivity contribution is 4.90. The number of ether oxygens (including phenoxy) is 1. The molecule has 0 radical (unpaired) electrons. The number of hydrogen-bond donors (Lipinski definition) is 2. The molecule has 0 aromatic carbocycles. The fourth-order valence-electron chi connectivity index (χ4n) is 1.52. The highest BCUT2D eigenvalue weighted by atomic mass is 16.5. The second-order valence-electron chi connectivity index (χ2n) is 3.57. The van der Waals surface area contributed by atoms with Gasteiger partial charge in [-0.2, -0.15) is 0 Å². The molecule has 1 aliphatic carbocycles. The fraction of sp³-hybridized carbons (Fsp3) is 1.00. The van der Waals surface area contributed by atoms with Crippen LogP contribution in [-0.2, 0) is 4.74 Å². The van der Waals surface area contributed by atoms with Gasteiger partial charge in [-0.1, -0.05) is 0 Å². The lowest BCUT2D eigenvalue weighted by atomic mass is 10.0. The second kappa shape index (κ2) is 3.09. The van der Waals surface area contributed by atoms with Crippen LogP contribution in [0.4, 0.5) is 0 Å². The molecule has 1 aliphatic heterocycles. The molecule has 0 aromatic rings. The molecule has 2 rings (SSSR count). The third-order valence-corrected chi connectivity index (χ3v) is 2.43. The van der Waals surface area contributed by atoms with Crippen molar-refractivity contribution in [2.24, 2.45) is 5.73 Å². The molecule has 64 valence electrons. The molecule has 2 aliphatic rings. The Balaban J connectivity index is 1.78. The van der Waals surface area contributed by atoms with Crippen molar-refractivity contribution >= 4 is 0 Å². The average molecular weight is 156 g/mol. The minimum atomic E-state index is 0.212. The lowest BCUT2D eigenvalue weighted by Gasteiger charge is -2.29. The van der Waals surface area contributed by atoms with E-state index < -0.39 is 0 Å². The van der Waals surface area contributed by atoms with E-state index in [1.807, 2.05) is 0 Å². The molecule has 0 spiro atoms. The predicted octanol–water partition coefficient (Wildman–Crippen LogP) is -0.145. The molecule has 3 N–H and O–H groups in total. The van der Waals surface area contributed by atoms with Crippen LogP contribution in [0.25, 0.3) is 0 Å². The van der Waals surface area contributed by atoms with E-state index >= 15 is 0 Å². The number of nitrogens with two attached hydrogens (primary N) is 1. The third kappa shape index (κ3) is 1.92. The maximum absolute atomic E-state index is 5.87. The SMILES string of the molecule is NC1COCCC1NC1CC1. The molecule has 1 saturated heterocycles. The summed E-state index contributed by atoms with van der Waals surface area (Å²) in [6, 6.07) is 1.49. The maximum Gasteiger partial charge on any atom is 0.0632 e. The molecule has 3 heteroatoms. The van der Waals surface area contributed by atoms with E-state index in [1.54, 1.807) is 0 Å². The highest BCUT2D eigenvalue weighted by Crippen LogP contribution is 2.21. The van der Waals surface area contributed by atoms with Crippen molar-refractivity contribution in [1.82, 2.24) is 5.32 Å². The summed E-state index contributed by atoms with van der Waals surface area (Å²) in [5, 5.41) is 3.54. The van der Waals surface area contributed by atoms with Gasteiger partial charge in [0, 0.05) is 24.7 Å². The zero-order chi connectivity index (χ0) is 7.68. The molecular formula is C8H16N2O. The smallest absolute Gasteiger partial charge is 0.0632 e. The summed E-state index contributed by atoms with van der Waals surface area (Å²) in [5.74, 6) is 0. The average Bonchev–Trinajstić information content (AvgIpc) is 2.78. The van der Waals surface area contributed by atoms with Crippen LogP contribution in [0.1, 0.15) is 19.3 Å². The van der Waals surface area contributed by atoms with Crippen molar-refractivity contribution in [2.75, 3.05) is 13.2 Å². The first-order valence-electron chi connectivity index (χ1n) is 4.45. The Morgan fingerprint density at radius 1 is 1.27 bits per heavy atom. The van der Waals surface area contributed by atoms with Crippen molar-refractivity contribution < 1.29 is 4.74 Å². The molecule has 2 fully saturated rings. The van der Waals surface area contributed by atoms with Gasteiger partial charge in [-0.25, -0.2) is 0 Å². The molecule has 2 atom stereocenters. The van der Waals surface area contributed by atoms with Gasteiger partial charge in [0.2, 0.25) is 0 Å². The minimum absolute atomic E-state index is 0.212. The van der Waals surface area contributed by atoms with Gasteiger partial charge < -0.3 is 15.8 Å². The van der Waals surface area contributed by atoms with Gasteiger partial charge in [0.25, 0.3) is 0 Å². The molecule has 2 unspecified atom stereocenters. The summed E-state index contributed by atoms with van der Waals surface area (Å²) in [5.41, 5.74) is 5.87. The summed E-state index contributed by atoms with van der Waals surface area (Å²) in [6.07, 6.45) is 3.76. The first-order chi connectivity index (χ1) is 5.36. The van der Waals surface area contributed by atoms with E-state index in [0.717, 1.165) is 25.7 Å². The van der Waals surface area contributed by atoms with Crippen molar-refractivity contribution in [3.63, 3.8) is 0 Å². The number of nitrogens with one attached hydrogen (secondary N) is 1. The van der Waals surface area contributed by atoms with Crippen molar-refractivity contribution in [3.8, 4) is 0 Å². The van der Waals surface area contributed by atoms with Gasteiger partial charge in [0.15, 0.2) is 0 Å². The van der Waals surface area contributed by atoms with E-state index in [2.05, 4.69) is 5.32 Å². The van der Waals surface area contributed by atoms with Crippen LogP contribution in [0.15, 0.2) is 0 Å². The summed E-state index contributed by atoms with van der Waals surface area (Å²) < 4.78 is 5.25. The lowest BCUT2D eigenvalue weighted by molar-refractivity contribution is 0.0615. The highest BCUT2D eigenvalue weighted by Gasteiger charge is 2.29. The zero-order valence-electron chi connectivity index (χ0n) is 6.75. The first kappa shape index (κ1) is 7.53. The maximum atomic E-state index is 5.87. The van der Waals surface area contributed by atoms with Crippen LogP contribution in [-0.4, -0.2) is 31.3 Å². The van der Waals surface area contributed by atoms with Crippen LogP contribution >= 0.6 is 0 Å². The van der Waals surface area contributed by atoms with Gasteiger partial charge in [0.05, 0.1) is 6.61 Å². The first-order valence-corrected chi connectivity index (χ1v) is 4.45. The van der Waals surface area contributed by atoms with Gasteiger partial charge in [-0.3, -0.25) is 0 Å². The lowest BCUT2D eigenvalue weighted by Crippen LogP contribution is -2.51. The van der Waals surface area contributed by atoms with Crippen molar-refractivity contribution in [1.29, 1.82) is 0 Å². The molecular weight excluding hydrogens is 140 g/mol. The molecule has 0 bridgehead atoms. The van der Waals surface area contributed by atoms with Crippen LogP contribution in [0.5, 0.6) is 0 Å². The fourth-order valence-corrected chi connectivity index (χ4v) is 1.52. The molecule has 3 nitrogen and oxygen atoms in total. The Bertz CT molecular complexity index is 136. The monoisotopic (exact) mass is 156 g/mol. The van der Waals surface area contributed by atoms with Crippen molar-refractivity contribution in [2.45, 2.75) is 37.4 Å². The van der Waals surface area contributed by atoms with E-state index in [9.17, 15) is 0 Å².